The Morgan fingerprint density at radius 2 is 1.78 bits per heavy atom. The van der Waals surface area contributed by atoms with E-state index in [4.69, 9.17) is 11.6 Å². The molecule has 0 unspecified atom stereocenters. The second kappa shape index (κ2) is 8.15. The van der Waals surface area contributed by atoms with Crippen LogP contribution in [0.4, 0.5) is 4.39 Å². The summed E-state index contributed by atoms with van der Waals surface area (Å²) in [6, 6.07) is 15.7. The van der Waals surface area contributed by atoms with E-state index in [2.05, 4.69) is 16.3 Å². The lowest BCUT2D eigenvalue weighted by Gasteiger charge is -2.34. The molecule has 0 bridgehead atoms. The molecule has 0 amide bonds. The van der Waals surface area contributed by atoms with Gasteiger partial charge in [0.2, 0.25) is 0 Å². The van der Waals surface area contributed by atoms with Crippen LogP contribution in [0.15, 0.2) is 58.3 Å². The summed E-state index contributed by atoms with van der Waals surface area (Å²) >= 11 is 7.61. The molecule has 0 radical (unpaired) electrons. The van der Waals surface area contributed by atoms with E-state index in [1.165, 1.54) is 0 Å². The molecule has 23 heavy (non-hydrogen) atoms. The molecule has 1 aliphatic rings. The molecule has 0 aromatic heterocycles. The number of hydrogen-bond donors (Lipinski definition) is 1. The normalized spacial score (nSPS) is 17.1. The molecule has 0 aliphatic carbocycles. The second-order valence-electron chi connectivity index (χ2n) is 5.55. The maximum atomic E-state index is 13.8. The van der Waals surface area contributed by atoms with Crippen molar-refractivity contribution in [2.24, 2.45) is 0 Å². The van der Waals surface area contributed by atoms with Crippen molar-refractivity contribution in [1.29, 1.82) is 0 Å². The second-order valence-corrected chi connectivity index (χ2v) is 7.10. The summed E-state index contributed by atoms with van der Waals surface area (Å²) in [5.74, 6) is 0. The zero-order chi connectivity index (χ0) is 16.1. The minimum absolute atomic E-state index is 0.173. The fourth-order valence-corrected chi connectivity index (χ4v) is 3.97. The number of halogens is 2. The quantitative estimate of drug-likeness (QED) is 0.860. The first-order valence-corrected chi connectivity index (χ1v) is 9.00. The summed E-state index contributed by atoms with van der Waals surface area (Å²) < 4.78 is 13.8. The minimum atomic E-state index is -0.363. The van der Waals surface area contributed by atoms with Crippen LogP contribution in [0.1, 0.15) is 11.6 Å². The summed E-state index contributed by atoms with van der Waals surface area (Å²) in [7, 11) is 0. The van der Waals surface area contributed by atoms with Crippen LogP contribution in [0.25, 0.3) is 0 Å². The molecule has 1 atom stereocenters. The number of alkyl halides is 1. The molecule has 122 valence electrons. The zero-order valence-electron chi connectivity index (χ0n) is 12.8. The van der Waals surface area contributed by atoms with E-state index in [1.807, 2.05) is 42.5 Å². The Labute approximate surface area is 146 Å². The molecular weight excluding hydrogens is 331 g/mol. The van der Waals surface area contributed by atoms with Crippen LogP contribution in [0.3, 0.4) is 0 Å². The molecule has 1 heterocycles. The summed E-state index contributed by atoms with van der Waals surface area (Å²) in [6.45, 7) is 3.24. The van der Waals surface area contributed by atoms with E-state index < -0.39 is 0 Å². The maximum absolute atomic E-state index is 13.8. The largest absolute Gasteiger partial charge is 0.314 e. The van der Waals surface area contributed by atoms with Crippen LogP contribution in [0, 0.1) is 0 Å². The molecule has 1 fully saturated rings. The summed E-state index contributed by atoms with van der Waals surface area (Å²) in [5.41, 5.74) is 1.07. The van der Waals surface area contributed by atoms with Gasteiger partial charge in [-0.05, 0) is 35.9 Å². The van der Waals surface area contributed by atoms with E-state index >= 15 is 0 Å². The Morgan fingerprint density at radius 1 is 1.09 bits per heavy atom. The van der Waals surface area contributed by atoms with Crippen LogP contribution in [0.2, 0.25) is 5.02 Å². The smallest absolute Gasteiger partial charge is 0.109 e. The average molecular weight is 351 g/mol. The van der Waals surface area contributed by atoms with Crippen LogP contribution in [-0.4, -0.2) is 37.8 Å². The number of nitrogens with zero attached hydrogens (tertiary/aromatic N) is 1. The van der Waals surface area contributed by atoms with Gasteiger partial charge >= 0.3 is 0 Å². The highest BCUT2D eigenvalue weighted by atomic mass is 35.5. The summed E-state index contributed by atoms with van der Waals surface area (Å²) in [5, 5.41) is 4.05. The molecular formula is C18H20ClFN2S. The fraction of sp³-hybridized carbons (Fsp3) is 0.333. The van der Waals surface area contributed by atoms with Crippen LogP contribution >= 0.6 is 23.4 Å². The summed E-state index contributed by atoms with van der Waals surface area (Å²) in [6.07, 6.45) is 0. The molecule has 3 rings (SSSR count). The van der Waals surface area contributed by atoms with Crippen molar-refractivity contribution in [3.63, 3.8) is 0 Å². The van der Waals surface area contributed by atoms with Gasteiger partial charge in [-0.2, -0.15) is 0 Å². The predicted molar refractivity (Wildman–Crippen MR) is 95.2 cm³/mol. The number of nitrogens with one attached hydrogen (secondary N) is 1. The Bertz CT molecular complexity index is 629. The first kappa shape index (κ1) is 16.8. The fourth-order valence-electron chi connectivity index (χ4n) is 2.85. The van der Waals surface area contributed by atoms with E-state index in [0.717, 1.165) is 46.6 Å². The van der Waals surface area contributed by atoms with E-state index in [0.29, 0.717) is 0 Å². The van der Waals surface area contributed by atoms with Gasteiger partial charge in [0.05, 0.1) is 6.04 Å². The lowest BCUT2D eigenvalue weighted by Crippen LogP contribution is -2.45. The molecule has 5 heteroatoms. The highest BCUT2D eigenvalue weighted by Gasteiger charge is 2.24. The Kier molecular flexibility index (Phi) is 5.95. The third-order valence-corrected chi connectivity index (χ3v) is 5.41. The van der Waals surface area contributed by atoms with Crippen molar-refractivity contribution in [3.8, 4) is 0 Å². The molecule has 2 aromatic rings. The van der Waals surface area contributed by atoms with Crippen molar-refractivity contribution < 1.29 is 4.39 Å². The third kappa shape index (κ3) is 4.27. The van der Waals surface area contributed by atoms with Crippen LogP contribution in [-0.2, 0) is 0 Å². The van der Waals surface area contributed by atoms with Crippen LogP contribution < -0.4 is 5.32 Å². The molecule has 0 spiro atoms. The minimum Gasteiger partial charge on any atom is -0.314 e. The van der Waals surface area contributed by atoms with Gasteiger partial charge in [-0.3, -0.25) is 4.90 Å². The molecule has 1 aliphatic heterocycles. The van der Waals surface area contributed by atoms with Crippen molar-refractivity contribution >= 4 is 23.4 Å². The summed E-state index contributed by atoms with van der Waals surface area (Å²) in [4.78, 5) is 4.45. The van der Waals surface area contributed by atoms with Crippen molar-refractivity contribution in [2.45, 2.75) is 15.8 Å². The lowest BCUT2D eigenvalue weighted by molar-refractivity contribution is 0.146. The standard InChI is InChI=1S/C18H20ClFN2S/c19-14-5-7-15(8-6-14)23-18-4-2-1-3-16(18)17(13-20)22-11-9-21-10-12-22/h1-8,17,21H,9-13H2/t17-/m0/s1. The van der Waals surface area contributed by atoms with Gasteiger partial charge in [-0.1, -0.05) is 41.6 Å². The van der Waals surface area contributed by atoms with Gasteiger partial charge < -0.3 is 5.32 Å². The molecule has 2 aromatic carbocycles. The third-order valence-electron chi connectivity index (χ3n) is 4.06. The van der Waals surface area contributed by atoms with Gasteiger partial charge in [0, 0.05) is 41.0 Å². The monoisotopic (exact) mass is 350 g/mol. The Morgan fingerprint density at radius 3 is 2.48 bits per heavy atom. The topological polar surface area (TPSA) is 15.3 Å². The molecule has 0 saturated carbocycles. The van der Waals surface area contributed by atoms with Gasteiger partial charge in [-0.15, -0.1) is 0 Å². The van der Waals surface area contributed by atoms with Crippen molar-refractivity contribution in [2.75, 3.05) is 32.9 Å². The van der Waals surface area contributed by atoms with Crippen molar-refractivity contribution in [1.82, 2.24) is 10.2 Å². The van der Waals surface area contributed by atoms with Crippen molar-refractivity contribution in [3.05, 3.63) is 59.1 Å². The Balaban J connectivity index is 1.85. The Hall–Kier alpha value is -1.07. The highest BCUT2D eigenvalue weighted by molar-refractivity contribution is 7.99. The first-order valence-electron chi connectivity index (χ1n) is 7.81. The van der Waals surface area contributed by atoms with E-state index in [9.17, 15) is 4.39 Å². The van der Waals surface area contributed by atoms with E-state index in [1.54, 1.807) is 11.8 Å². The van der Waals surface area contributed by atoms with Gasteiger partial charge in [-0.25, -0.2) is 4.39 Å². The predicted octanol–water partition coefficient (Wildman–Crippen LogP) is 4.41. The maximum Gasteiger partial charge on any atom is 0.109 e. The average Bonchev–Trinajstić information content (AvgIpc) is 2.60. The van der Waals surface area contributed by atoms with Gasteiger partial charge in [0.25, 0.3) is 0 Å². The van der Waals surface area contributed by atoms with E-state index in [-0.39, 0.29) is 12.7 Å². The van der Waals surface area contributed by atoms with Gasteiger partial charge in [0.1, 0.15) is 6.67 Å². The number of hydrogen-bond acceptors (Lipinski definition) is 3. The number of rotatable bonds is 5. The highest BCUT2D eigenvalue weighted by Crippen LogP contribution is 2.36. The number of benzene rings is 2. The lowest BCUT2D eigenvalue weighted by atomic mass is 10.1. The first-order chi connectivity index (χ1) is 11.3. The molecule has 1 N–H and O–H groups in total. The van der Waals surface area contributed by atoms with Crippen LogP contribution in [0.5, 0.6) is 0 Å². The van der Waals surface area contributed by atoms with Gasteiger partial charge in [0.15, 0.2) is 0 Å². The molecule has 1 saturated heterocycles. The SMILES string of the molecule is FC[C@@H](c1ccccc1Sc1ccc(Cl)cc1)N1CCNCC1. The number of piperazine rings is 1. The zero-order valence-corrected chi connectivity index (χ0v) is 14.4. The molecule has 2 nitrogen and oxygen atoms in total.